The Balaban J connectivity index is 1.38. The second-order valence-electron chi connectivity index (χ2n) is 7.34. The highest BCUT2D eigenvalue weighted by atomic mass is 35.5. The van der Waals surface area contributed by atoms with Crippen molar-refractivity contribution in [2.45, 2.75) is 44.4 Å². The number of alkyl halides is 3. The van der Waals surface area contributed by atoms with Gasteiger partial charge in [0.15, 0.2) is 5.69 Å². The van der Waals surface area contributed by atoms with Crippen molar-refractivity contribution < 1.29 is 22.4 Å². The van der Waals surface area contributed by atoms with E-state index in [2.05, 4.69) is 20.5 Å². The molecule has 2 aromatic heterocycles. The Labute approximate surface area is 189 Å². The fraction of sp³-hybridized carbons (Fsp3) is 0.368. The van der Waals surface area contributed by atoms with Gasteiger partial charge in [-0.2, -0.15) is 18.3 Å². The van der Waals surface area contributed by atoms with Gasteiger partial charge in [0.2, 0.25) is 11.9 Å². The molecule has 32 heavy (non-hydrogen) atoms. The molecule has 0 radical (unpaired) electrons. The third-order valence-corrected chi connectivity index (χ3v) is 5.57. The Hall–Kier alpha value is -2.66. The van der Waals surface area contributed by atoms with Crippen molar-refractivity contribution in [3.8, 4) is 0 Å². The number of amides is 1. The molecule has 1 fully saturated rings. The third-order valence-electron chi connectivity index (χ3n) is 4.85. The first-order chi connectivity index (χ1) is 15.1. The van der Waals surface area contributed by atoms with Gasteiger partial charge in [0.1, 0.15) is 12.1 Å². The highest BCUT2D eigenvalue weighted by molar-refractivity contribution is 6.32. The summed E-state index contributed by atoms with van der Waals surface area (Å²) in [6, 6.07) is 3.96. The molecule has 13 heteroatoms. The number of nitrogens with zero attached hydrogens (tertiary/aromatic N) is 5. The second-order valence-corrected chi connectivity index (χ2v) is 8.13. The van der Waals surface area contributed by atoms with Crippen LogP contribution < -0.4 is 5.32 Å². The van der Waals surface area contributed by atoms with Crippen molar-refractivity contribution in [2.75, 3.05) is 5.32 Å². The number of aromatic nitrogens is 5. The molecule has 0 aliphatic heterocycles. The monoisotopic (exact) mass is 490 g/mol. The van der Waals surface area contributed by atoms with Crippen LogP contribution >= 0.6 is 23.2 Å². The Kier molecular flexibility index (Phi) is 6.13. The van der Waals surface area contributed by atoms with Crippen LogP contribution in [0.15, 0.2) is 24.5 Å². The molecule has 1 aliphatic rings. The van der Waals surface area contributed by atoms with E-state index >= 15 is 0 Å². The number of nitrogens with one attached hydrogen (secondary N) is 1. The lowest BCUT2D eigenvalue weighted by molar-refractivity contribution is -0.141. The zero-order valence-electron chi connectivity index (χ0n) is 16.3. The molecule has 0 bridgehead atoms. The summed E-state index contributed by atoms with van der Waals surface area (Å²) < 4.78 is 55.1. The first kappa shape index (κ1) is 22.5. The lowest BCUT2D eigenvalue weighted by atomic mass is 10.2. The normalized spacial score (nSPS) is 14.1. The Morgan fingerprint density at radius 1 is 1.22 bits per heavy atom. The summed E-state index contributed by atoms with van der Waals surface area (Å²) in [6.45, 7) is 0.137. The van der Waals surface area contributed by atoms with Gasteiger partial charge in [0.05, 0.1) is 23.8 Å². The quantitative estimate of drug-likeness (QED) is 0.478. The number of carbonyl (C=O) groups is 1. The minimum Gasteiger partial charge on any atom is -0.293 e. The highest BCUT2D eigenvalue weighted by Gasteiger charge is 2.42. The number of hydrogen-bond donors (Lipinski definition) is 1. The molecular weight excluding hydrogens is 475 g/mol. The van der Waals surface area contributed by atoms with E-state index in [-0.39, 0.29) is 36.4 Å². The summed E-state index contributed by atoms with van der Waals surface area (Å²) in [7, 11) is 0. The van der Waals surface area contributed by atoms with Gasteiger partial charge in [-0.15, -0.1) is 5.10 Å². The Morgan fingerprint density at radius 3 is 2.62 bits per heavy atom. The van der Waals surface area contributed by atoms with Gasteiger partial charge >= 0.3 is 6.18 Å². The second kappa shape index (κ2) is 8.70. The molecule has 1 aliphatic carbocycles. The smallest absolute Gasteiger partial charge is 0.293 e. The average molecular weight is 491 g/mol. The minimum atomic E-state index is -4.67. The van der Waals surface area contributed by atoms with Crippen molar-refractivity contribution in [3.05, 3.63) is 57.3 Å². The summed E-state index contributed by atoms with van der Waals surface area (Å²) in [6.07, 6.45) is -1.99. The zero-order chi connectivity index (χ0) is 23.0. The molecule has 1 N–H and O–H groups in total. The molecule has 2 heterocycles. The van der Waals surface area contributed by atoms with E-state index in [0.717, 1.165) is 17.5 Å². The summed E-state index contributed by atoms with van der Waals surface area (Å²) in [5, 5.41) is 10.0. The molecule has 0 unspecified atom stereocenters. The summed E-state index contributed by atoms with van der Waals surface area (Å²) in [5.41, 5.74) is -0.216. The van der Waals surface area contributed by atoms with Crippen molar-refractivity contribution in [1.82, 2.24) is 24.5 Å². The van der Waals surface area contributed by atoms with Crippen molar-refractivity contribution in [1.29, 1.82) is 0 Å². The maximum atomic E-state index is 13.1. The molecule has 0 spiro atoms. The van der Waals surface area contributed by atoms with Crippen LogP contribution in [0.5, 0.6) is 0 Å². The molecular formula is C19H16Cl2F4N6O. The fourth-order valence-corrected chi connectivity index (χ4v) is 3.82. The van der Waals surface area contributed by atoms with E-state index in [1.807, 2.05) is 0 Å². The molecule has 1 saturated carbocycles. The van der Waals surface area contributed by atoms with Crippen LogP contribution in [0.4, 0.5) is 23.5 Å². The molecule has 170 valence electrons. The van der Waals surface area contributed by atoms with E-state index < -0.39 is 28.6 Å². The molecule has 1 amide bonds. The largest absolute Gasteiger partial charge is 0.436 e. The average Bonchev–Trinajstić information content (AvgIpc) is 3.34. The summed E-state index contributed by atoms with van der Waals surface area (Å²) >= 11 is 11.9. The lowest BCUT2D eigenvalue weighted by Crippen LogP contribution is -2.17. The molecule has 7 nitrogen and oxygen atoms in total. The summed E-state index contributed by atoms with van der Waals surface area (Å²) in [4.78, 5) is 16.2. The van der Waals surface area contributed by atoms with Crippen LogP contribution in [0, 0.1) is 5.82 Å². The van der Waals surface area contributed by atoms with E-state index in [4.69, 9.17) is 23.2 Å². The van der Waals surface area contributed by atoms with E-state index in [1.165, 1.54) is 29.2 Å². The maximum Gasteiger partial charge on any atom is 0.436 e. The van der Waals surface area contributed by atoms with Crippen molar-refractivity contribution in [2.24, 2.45) is 0 Å². The number of anilines is 1. The first-order valence-electron chi connectivity index (χ1n) is 9.58. The standard InChI is InChI=1S/C19H16Cl2F4N6O/c20-13-7-12(22)4-3-11(13)8-30-9-26-18(29-30)27-14(32)5-6-31-16(10-1-2-10)15(21)17(28-31)19(23,24)25/h3-4,7,9-10H,1-2,5-6,8H2,(H,27,29,32). The van der Waals surface area contributed by atoms with E-state index in [0.29, 0.717) is 11.3 Å². The van der Waals surface area contributed by atoms with Crippen LogP contribution in [-0.2, 0) is 24.1 Å². The number of aryl methyl sites for hydroxylation is 1. The van der Waals surface area contributed by atoms with Crippen molar-refractivity contribution >= 4 is 35.1 Å². The van der Waals surface area contributed by atoms with Crippen molar-refractivity contribution in [3.63, 3.8) is 0 Å². The predicted octanol–water partition coefficient (Wildman–Crippen LogP) is 4.89. The molecule has 0 saturated heterocycles. The van der Waals surface area contributed by atoms with Crippen LogP contribution in [0.2, 0.25) is 10.0 Å². The number of halogens is 6. The van der Waals surface area contributed by atoms with Crippen LogP contribution in [0.1, 0.15) is 42.1 Å². The third kappa shape index (κ3) is 5.04. The first-order valence-corrected chi connectivity index (χ1v) is 10.3. The molecule has 1 aromatic carbocycles. The van der Waals surface area contributed by atoms with E-state index in [9.17, 15) is 22.4 Å². The predicted molar refractivity (Wildman–Crippen MR) is 108 cm³/mol. The van der Waals surface area contributed by atoms with Gasteiger partial charge in [-0.05, 0) is 30.5 Å². The highest BCUT2D eigenvalue weighted by Crippen LogP contribution is 2.46. The van der Waals surface area contributed by atoms with Gasteiger partial charge in [-0.1, -0.05) is 29.3 Å². The number of hydrogen-bond acceptors (Lipinski definition) is 4. The minimum absolute atomic E-state index is 0.0186. The number of benzene rings is 1. The number of rotatable bonds is 7. The van der Waals surface area contributed by atoms with E-state index in [1.54, 1.807) is 0 Å². The Bertz CT molecular complexity index is 1160. The van der Waals surface area contributed by atoms with Gasteiger partial charge in [0.25, 0.3) is 0 Å². The molecule has 4 rings (SSSR count). The van der Waals surface area contributed by atoms with Gasteiger partial charge in [-0.3, -0.25) is 14.8 Å². The van der Waals surface area contributed by atoms with Gasteiger partial charge in [-0.25, -0.2) is 14.1 Å². The lowest BCUT2D eigenvalue weighted by Gasteiger charge is -2.07. The fourth-order valence-electron chi connectivity index (χ4n) is 3.20. The topological polar surface area (TPSA) is 77.6 Å². The zero-order valence-corrected chi connectivity index (χ0v) is 17.8. The Morgan fingerprint density at radius 2 is 1.97 bits per heavy atom. The SMILES string of the molecule is O=C(CCn1nc(C(F)(F)F)c(Cl)c1C1CC1)Nc1ncn(Cc2ccc(F)cc2Cl)n1. The van der Waals surface area contributed by atoms with Crippen LogP contribution in [0.3, 0.4) is 0 Å². The molecule has 0 atom stereocenters. The maximum absolute atomic E-state index is 13.1. The van der Waals surface area contributed by atoms with Crippen LogP contribution in [0.25, 0.3) is 0 Å². The van der Waals surface area contributed by atoms with Gasteiger partial charge in [0, 0.05) is 17.4 Å². The molecule has 3 aromatic rings. The van der Waals surface area contributed by atoms with Crippen LogP contribution in [-0.4, -0.2) is 30.5 Å². The number of carbonyl (C=O) groups excluding carboxylic acids is 1. The summed E-state index contributed by atoms with van der Waals surface area (Å²) in [5.74, 6) is -1.02. The van der Waals surface area contributed by atoms with Gasteiger partial charge < -0.3 is 0 Å².